The lowest BCUT2D eigenvalue weighted by atomic mass is 10.3. The zero-order valence-corrected chi connectivity index (χ0v) is 10.3. The van der Waals surface area contributed by atoms with Crippen LogP contribution in [0.1, 0.15) is 0 Å². The summed E-state index contributed by atoms with van der Waals surface area (Å²) in [5, 5.41) is 14.5. The second kappa shape index (κ2) is 3.85. The first kappa shape index (κ1) is 10.3. The van der Waals surface area contributed by atoms with Crippen molar-refractivity contribution in [2.75, 3.05) is 0 Å². The first-order valence-electron chi connectivity index (χ1n) is 5.03. The molecule has 1 aromatic carbocycles. The zero-order valence-electron chi connectivity index (χ0n) is 8.71. The molecule has 3 rings (SSSR count). The summed E-state index contributed by atoms with van der Waals surface area (Å²) < 4.78 is 2.66. The summed E-state index contributed by atoms with van der Waals surface area (Å²) in [6.07, 6.45) is 3.50. The van der Waals surface area contributed by atoms with E-state index in [2.05, 4.69) is 26.0 Å². The van der Waals surface area contributed by atoms with Crippen molar-refractivity contribution in [1.82, 2.24) is 14.8 Å². The van der Waals surface area contributed by atoms with Gasteiger partial charge in [0.1, 0.15) is 5.75 Å². The van der Waals surface area contributed by atoms with Crippen molar-refractivity contribution in [2.45, 2.75) is 0 Å². The van der Waals surface area contributed by atoms with E-state index in [1.165, 1.54) is 0 Å². The zero-order chi connectivity index (χ0) is 11.8. The van der Waals surface area contributed by atoms with Gasteiger partial charge in [-0.2, -0.15) is 5.10 Å². The van der Waals surface area contributed by atoms with Gasteiger partial charge in [0.2, 0.25) is 0 Å². The summed E-state index contributed by atoms with van der Waals surface area (Å²) in [5.41, 5.74) is 1.66. The Kier molecular flexibility index (Phi) is 2.33. The van der Waals surface area contributed by atoms with Crippen LogP contribution in [0.2, 0.25) is 0 Å². The second-order valence-electron chi connectivity index (χ2n) is 3.64. The van der Waals surface area contributed by atoms with E-state index in [-0.39, 0.29) is 5.75 Å². The van der Waals surface area contributed by atoms with Gasteiger partial charge < -0.3 is 5.11 Å². The van der Waals surface area contributed by atoms with Gasteiger partial charge in [0.05, 0.1) is 11.9 Å². The fourth-order valence-electron chi connectivity index (χ4n) is 1.68. The number of nitrogens with zero attached hydrogens (tertiary/aromatic N) is 3. The van der Waals surface area contributed by atoms with Crippen molar-refractivity contribution in [3.8, 4) is 11.4 Å². The molecule has 5 heteroatoms. The first-order valence-corrected chi connectivity index (χ1v) is 5.82. The van der Waals surface area contributed by atoms with Crippen LogP contribution in [0.4, 0.5) is 0 Å². The molecule has 0 spiro atoms. The normalized spacial score (nSPS) is 10.9. The van der Waals surface area contributed by atoms with Crippen molar-refractivity contribution in [3.63, 3.8) is 0 Å². The van der Waals surface area contributed by atoms with Crippen LogP contribution < -0.4 is 0 Å². The van der Waals surface area contributed by atoms with Gasteiger partial charge in [-0.25, -0.2) is 9.67 Å². The highest BCUT2D eigenvalue weighted by Crippen LogP contribution is 2.20. The van der Waals surface area contributed by atoms with Gasteiger partial charge in [-0.15, -0.1) is 0 Å². The van der Waals surface area contributed by atoms with Gasteiger partial charge in [-0.1, -0.05) is 0 Å². The number of halogens is 1. The largest absolute Gasteiger partial charge is 0.508 e. The van der Waals surface area contributed by atoms with Gasteiger partial charge in [0.15, 0.2) is 5.65 Å². The van der Waals surface area contributed by atoms with E-state index in [0.717, 1.165) is 21.2 Å². The van der Waals surface area contributed by atoms with Crippen LogP contribution in [0.5, 0.6) is 5.75 Å². The van der Waals surface area contributed by atoms with Crippen molar-refractivity contribution in [1.29, 1.82) is 0 Å². The summed E-state index contributed by atoms with van der Waals surface area (Å²) in [5.74, 6) is 0.237. The van der Waals surface area contributed by atoms with Gasteiger partial charge >= 0.3 is 0 Å². The fourth-order valence-corrected chi connectivity index (χ4v) is 2.03. The number of aromatic hydroxyl groups is 1. The van der Waals surface area contributed by atoms with Gasteiger partial charge in [-0.05, 0) is 46.3 Å². The number of hydrogen-bond donors (Lipinski definition) is 1. The topological polar surface area (TPSA) is 50.9 Å². The lowest BCUT2D eigenvalue weighted by molar-refractivity contribution is 0.475. The standard InChI is InChI=1S/C12H8BrN3O/c13-9-5-8-6-15-16(12(8)14-7-9)10-1-3-11(17)4-2-10/h1-7,17H. The van der Waals surface area contributed by atoms with E-state index in [0.29, 0.717) is 0 Å². The molecule has 0 aliphatic rings. The summed E-state index contributed by atoms with van der Waals surface area (Å²) in [4.78, 5) is 4.33. The Balaban J connectivity index is 2.21. The second-order valence-corrected chi connectivity index (χ2v) is 4.55. The van der Waals surface area contributed by atoms with Crippen LogP contribution >= 0.6 is 15.9 Å². The molecule has 84 valence electrons. The molecular formula is C12H8BrN3O. The fraction of sp³-hybridized carbons (Fsp3) is 0. The Morgan fingerprint density at radius 1 is 1.12 bits per heavy atom. The minimum atomic E-state index is 0.237. The Morgan fingerprint density at radius 3 is 2.65 bits per heavy atom. The molecule has 17 heavy (non-hydrogen) atoms. The molecule has 0 atom stereocenters. The van der Waals surface area contributed by atoms with Crippen molar-refractivity contribution in [2.24, 2.45) is 0 Å². The Morgan fingerprint density at radius 2 is 1.88 bits per heavy atom. The maximum atomic E-state index is 9.25. The van der Waals surface area contributed by atoms with Gasteiger partial charge in [0.25, 0.3) is 0 Å². The van der Waals surface area contributed by atoms with Crippen molar-refractivity contribution < 1.29 is 5.11 Å². The van der Waals surface area contributed by atoms with E-state index in [1.54, 1.807) is 41.3 Å². The molecular weight excluding hydrogens is 282 g/mol. The molecule has 3 aromatic rings. The van der Waals surface area contributed by atoms with Crippen molar-refractivity contribution >= 4 is 27.0 Å². The molecule has 4 nitrogen and oxygen atoms in total. The van der Waals surface area contributed by atoms with E-state index in [1.807, 2.05) is 6.07 Å². The average molecular weight is 290 g/mol. The van der Waals surface area contributed by atoms with E-state index in [9.17, 15) is 5.11 Å². The third-order valence-electron chi connectivity index (χ3n) is 2.47. The lowest BCUT2D eigenvalue weighted by Crippen LogP contribution is -1.96. The van der Waals surface area contributed by atoms with Crippen LogP contribution in [-0.4, -0.2) is 19.9 Å². The molecule has 0 fully saturated rings. The van der Waals surface area contributed by atoms with Crippen molar-refractivity contribution in [3.05, 3.63) is 47.2 Å². The van der Waals surface area contributed by atoms with Crippen LogP contribution in [0.3, 0.4) is 0 Å². The van der Waals surface area contributed by atoms with Crippen LogP contribution in [0, 0.1) is 0 Å². The lowest BCUT2D eigenvalue weighted by Gasteiger charge is -2.02. The maximum Gasteiger partial charge on any atom is 0.162 e. The third-order valence-corrected chi connectivity index (χ3v) is 2.90. The molecule has 2 heterocycles. The average Bonchev–Trinajstić information content (AvgIpc) is 2.73. The number of aromatic nitrogens is 3. The summed E-state index contributed by atoms with van der Waals surface area (Å²) in [6, 6.07) is 8.81. The molecule has 0 radical (unpaired) electrons. The number of benzene rings is 1. The molecule has 0 unspecified atom stereocenters. The van der Waals surface area contributed by atoms with Crippen LogP contribution in [0.15, 0.2) is 47.2 Å². The molecule has 0 saturated carbocycles. The molecule has 1 N–H and O–H groups in total. The predicted octanol–water partition coefficient (Wildman–Crippen LogP) is 2.89. The first-order chi connectivity index (χ1) is 8.24. The molecule has 0 amide bonds. The third kappa shape index (κ3) is 1.78. The Hall–Kier alpha value is -1.88. The number of pyridine rings is 1. The number of rotatable bonds is 1. The highest BCUT2D eigenvalue weighted by atomic mass is 79.9. The highest BCUT2D eigenvalue weighted by Gasteiger charge is 2.06. The smallest absolute Gasteiger partial charge is 0.162 e. The maximum absolute atomic E-state index is 9.25. The molecule has 0 saturated heterocycles. The minimum Gasteiger partial charge on any atom is -0.508 e. The quantitative estimate of drug-likeness (QED) is 0.749. The number of hydrogen-bond acceptors (Lipinski definition) is 3. The molecule has 0 aliphatic carbocycles. The molecule has 0 bridgehead atoms. The number of fused-ring (bicyclic) bond motifs is 1. The highest BCUT2D eigenvalue weighted by molar-refractivity contribution is 9.10. The van der Waals surface area contributed by atoms with Crippen LogP contribution in [0.25, 0.3) is 16.7 Å². The van der Waals surface area contributed by atoms with Gasteiger partial charge in [0, 0.05) is 16.1 Å². The Labute approximate surface area is 106 Å². The number of phenolic OH excluding ortho intramolecular Hbond substituents is 1. The SMILES string of the molecule is Oc1ccc(-n2ncc3cc(Br)cnc32)cc1. The van der Waals surface area contributed by atoms with E-state index < -0.39 is 0 Å². The van der Waals surface area contributed by atoms with Crippen LogP contribution in [-0.2, 0) is 0 Å². The summed E-state index contributed by atoms with van der Waals surface area (Å²) in [7, 11) is 0. The summed E-state index contributed by atoms with van der Waals surface area (Å²) >= 11 is 3.37. The van der Waals surface area contributed by atoms with E-state index in [4.69, 9.17) is 0 Å². The monoisotopic (exact) mass is 289 g/mol. The Bertz CT molecular complexity index is 676. The van der Waals surface area contributed by atoms with E-state index >= 15 is 0 Å². The molecule has 2 aromatic heterocycles. The number of phenols is 1. The van der Waals surface area contributed by atoms with Gasteiger partial charge in [-0.3, -0.25) is 0 Å². The molecule has 0 aliphatic heterocycles. The predicted molar refractivity (Wildman–Crippen MR) is 68.2 cm³/mol. The summed E-state index contributed by atoms with van der Waals surface area (Å²) in [6.45, 7) is 0. The minimum absolute atomic E-state index is 0.237.